The first-order valence-electron chi connectivity index (χ1n) is 11.2. The van der Waals surface area contributed by atoms with E-state index in [0.29, 0.717) is 0 Å². The first-order chi connectivity index (χ1) is 11.8. The van der Waals surface area contributed by atoms with Crippen molar-refractivity contribution in [2.24, 2.45) is 5.73 Å². The van der Waals surface area contributed by atoms with E-state index >= 15 is 0 Å². The van der Waals surface area contributed by atoms with E-state index in [-0.39, 0.29) is 4.87 Å². The van der Waals surface area contributed by atoms with Gasteiger partial charge in [0.05, 0.1) is 4.87 Å². The molecule has 0 aliphatic carbocycles. The lowest BCUT2D eigenvalue weighted by Crippen LogP contribution is -2.32. The third kappa shape index (κ3) is 12.6. The van der Waals surface area contributed by atoms with Crippen molar-refractivity contribution in [1.29, 1.82) is 0 Å². The van der Waals surface area contributed by atoms with Gasteiger partial charge in [-0.3, -0.25) is 0 Å². The fourth-order valence-electron chi connectivity index (χ4n) is 3.89. The van der Waals surface area contributed by atoms with Gasteiger partial charge in [0.1, 0.15) is 0 Å². The van der Waals surface area contributed by atoms with Gasteiger partial charge in [-0.15, -0.1) is 11.8 Å². The van der Waals surface area contributed by atoms with Crippen LogP contribution in [0.4, 0.5) is 0 Å². The second-order valence-corrected chi connectivity index (χ2v) is 9.58. The Morgan fingerprint density at radius 3 is 1.46 bits per heavy atom. The van der Waals surface area contributed by atoms with Gasteiger partial charge in [0.15, 0.2) is 0 Å². The standard InChI is InChI=1S/C22H45NS/c1-2-3-4-5-6-7-8-9-10-11-12-13-14-15-16-17-19-22(23)20-18-21-24-22/h2-21,23H2,1H3. The molecule has 144 valence electrons. The lowest BCUT2D eigenvalue weighted by Gasteiger charge is -2.22. The van der Waals surface area contributed by atoms with E-state index in [2.05, 4.69) is 6.92 Å². The fourth-order valence-corrected chi connectivity index (χ4v) is 5.16. The maximum atomic E-state index is 6.38. The highest BCUT2D eigenvalue weighted by Crippen LogP contribution is 2.37. The minimum atomic E-state index is 0.149. The highest BCUT2D eigenvalue weighted by atomic mass is 32.2. The van der Waals surface area contributed by atoms with E-state index in [0.717, 1.165) is 0 Å². The summed E-state index contributed by atoms with van der Waals surface area (Å²) in [6.45, 7) is 2.30. The molecule has 24 heavy (non-hydrogen) atoms. The average Bonchev–Trinajstić information content (AvgIpc) is 3.01. The molecule has 1 atom stereocenters. The van der Waals surface area contributed by atoms with Gasteiger partial charge in [-0.2, -0.15) is 0 Å². The molecule has 0 spiro atoms. The van der Waals surface area contributed by atoms with Crippen LogP contribution in [0.3, 0.4) is 0 Å². The number of nitrogens with two attached hydrogens (primary N) is 1. The van der Waals surface area contributed by atoms with E-state index in [9.17, 15) is 0 Å². The Labute approximate surface area is 157 Å². The fraction of sp³-hybridized carbons (Fsp3) is 1.00. The van der Waals surface area contributed by atoms with E-state index in [4.69, 9.17) is 5.73 Å². The molecule has 0 aromatic carbocycles. The summed E-state index contributed by atoms with van der Waals surface area (Å²) < 4.78 is 0. The number of hydrogen-bond acceptors (Lipinski definition) is 2. The van der Waals surface area contributed by atoms with Gasteiger partial charge in [-0.25, -0.2) is 0 Å². The van der Waals surface area contributed by atoms with Crippen molar-refractivity contribution in [2.75, 3.05) is 5.75 Å². The molecule has 0 saturated carbocycles. The van der Waals surface area contributed by atoms with Crippen molar-refractivity contribution < 1.29 is 0 Å². The Hall–Kier alpha value is 0.310. The van der Waals surface area contributed by atoms with Gasteiger partial charge < -0.3 is 5.73 Å². The Bertz CT molecular complexity index is 261. The minimum absolute atomic E-state index is 0.149. The largest absolute Gasteiger partial charge is 0.317 e. The molecule has 0 aromatic rings. The summed E-state index contributed by atoms with van der Waals surface area (Å²) in [5.41, 5.74) is 6.38. The van der Waals surface area contributed by atoms with Crippen LogP contribution in [0.2, 0.25) is 0 Å². The summed E-state index contributed by atoms with van der Waals surface area (Å²) in [5, 5.41) is 0. The van der Waals surface area contributed by atoms with Crippen LogP contribution in [-0.2, 0) is 0 Å². The summed E-state index contributed by atoms with van der Waals surface area (Å²) in [4.78, 5) is 0.149. The molecule has 1 fully saturated rings. The van der Waals surface area contributed by atoms with Gasteiger partial charge in [0, 0.05) is 0 Å². The minimum Gasteiger partial charge on any atom is -0.317 e. The number of thioether (sulfide) groups is 1. The molecule has 1 unspecified atom stereocenters. The van der Waals surface area contributed by atoms with E-state index in [1.54, 1.807) is 0 Å². The molecule has 1 heterocycles. The lowest BCUT2D eigenvalue weighted by molar-refractivity contribution is 0.484. The third-order valence-electron chi connectivity index (χ3n) is 5.59. The van der Waals surface area contributed by atoms with Crippen LogP contribution in [-0.4, -0.2) is 10.6 Å². The Morgan fingerprint density at radius 2 is 1.08 bits per heavy atom. The SMILES string of the molecule is CCCCCCCCCCCCCCCCCCC1(N)CCCS1. The van der Waals surface area contributed by atoms with Gasteiger partial charge in [0.25, 0.3) is 0 Å². The molecule has 1 aliphatic heterocycles. The smallest absolute Gasteiger partial charge is 0.0620 e. The third-order valence-corrected chi connectivity index (χ3v) is 7.06. The zero-order chi connectivity index (χ0) is 17.3. The van der Waals surface area contributed by atoms with Crippen molar-refractivity contribution in [3.63, 3.8) is 0 Å². The summed E-state index contributed by atoms with van der Waals surface area (Å²) >= 11 is 2.01. The molecule has 1 aliphatic rings. The summed E-state index contributed by atoms with van der Waals surface area (Å²) in [5.74, 6) is 1.29. The second-order valence-electron chi connectivity index (χ2n) is 8.07. The monoisotopic (exact) mass is 355 g/mol. The van der Waals surface area contributed by atoms with Crippen molar-refractivity contribution >= 4 is 11.8 Å². The second kappa shape index (κ2) is 15.6. The topological polar surface area (TPSA) is 26.0 Å². The first kappa shape index (κ1) is 22.4. The van der Waals surface area contributed by atoms with Crippen molar-refractivity contribution in [3.8, 4) is 0 Å². The Kier molecular flexibility index (Phi) is 14.5. The van der Waals surface area contributed by atoms with Gasteiger partial charge >= 0.3 is 0 Å². The Balaban J connectivity index is 1.69. The molecule has 1 saturated heterocycles. The molecule has 0 aromatic heterocycles. The van der Waals surface area contributed by atoms with Crippen LogP contribution < -0.4 is 5.73 Å². The lowest BCUT2D eigenvalue weighted by atomic mass is 10.0. The van der Waals surface area contributed by atoms with Crippen molar-refractivity contribution in [3.05, 3.63) is 0 Å². The molecule has 2 N–H and O–H groups in total. The number of unbranched alkanes of at least 4 members (excludes halogenated alkanes) is 15. The maximum Gasteiger partial charge on any atom is 0.0620 e. The molecular formula is C22H45NS. The van der Waals surface area contributed by atoms with Gasteiger partial charge in [-0.1, -0.05) is 110 Å². The molecule has 0 amide bonds. The van der Waals surface area contributed by atoms with E-state index in [1.165, 1.54) is 128 Å². The molecule has 0 radical (unpaired) electrons. The number of rotatable bonds is 17. The zero-order valence-corrected chi connectivity index (χ0v) is 17.4. The maximum absolute atomic E-state index is 6.38. The highest BCUT2D eigenvalue weighted by molar-refractivity contribution is 8.00. The van der Waals surface area contributed by atoms with Crippen LogP contribution in [0.1, 0.15) is 129 Å². The van der Waals surface area contributed by atoms with Crippen molar-refractivity contribution in [1.82, 2.24) is 0 Å². The van der Waals surface area contributed by atoms with Crippen LogP contribution in [0.5, 0.6) is 0 Å². The van der Waals surface area contributed by atoms with E-state index in [1.807, 2.05) is 11.8 Å². The first-order valence-corrected chi connectivity index (χ1v) is 12.2. The quantitative estimate of drug-likeness (QED) is 0.269. The summed E-state index contributed by atoms with van der Waals surface area (Å²) in [6, 6.07) is 0. The van der Waals surface area contributed by atoms with Crippen LogP contribution in [0, 0.1) is 0 Å². The molecule has 1 rings (SSSR count). The molecule has 2 heteroatoms. The van der Waals surface area contributed by atoms with Crippen LogP contribution >= 0.6 is 11.8 Å². The highest BCUT2D eigenvalue weighted by Gasteiger charge is 2.28. The van der Waals surface area contributed by atoms with Crippen molar-refractivity contribution in [2.45, 2.75) is 134 Å². The summed E-state index contributed by atoms with van der Waals surface area (Å²) in [7, 11) is 0. The molecule has 1 nitrogen and oxygen atoms in total. The summed E-state index contributed by atoms with van der Waals surface area (Å²) in [6.07, 6.45) is 27.0. The molecular weight excluding hydrogens is 310 g/mol. The number of hydrogen-bond donors (Lipinski definition) is 1. The normalized spacial score (nSPS) is 20.8. The molecule has 0 bridgehead atoms. The van der Waals surface area contributed by atoms with Gasteiger partial charge in [-0.05, 0) is 25.0 Å². The Morgan fingerprint density at radius 1 is 0.667 bits per heavy atom. The van der Waals surface area contributed by atoms with Gasteiger partial charge in [0.2, 0.25) is 0 Å². The van der Waals surface area contributed by atoms with Crippen LogP contribution in [0.15, 0.2) is 0 Å². The zero-order valence-electron chi connectivity index (χ0n) is 16.6. The average molecular weight is 356 g/mol. The predicted octanol–water partition coefficient (Wildman–Crippen LogP) is 7.82. The van der Waals surface area contributed by atoms with Crippen LogP contribution in [0.25, 0.3) is 0 Å². The van der Waals surface area contributed by atoms with E-state index < -0.39 is 0 Å². The predicted molar refractivity (Wildman–Crippen MR) is 113 cm³/mol.